The van der Waals surface area contributed by atoms with Crippen LogP contribution in [-0.4, -0.2) is 62.3 Å². The van der Waals surface area contributed by atoms with Gasteiger partial charge in [-0.2, -0.15) is 0 Å². The third-order valence-electron chi connectivity index (χ3n) is 5.03. The van der Waals surface area contributed by atoms with E-state index in [1.807, 2.05) is 7.05 Å². The van der Waals surface area contributed by atoms with Crippen LogP contribution in [-0.2, 0) is 4.74 Å². The zero-order valence-corrected chi connectivity index (χ0v) is 17.6. The first-order chi connectivity index (χ1) is 10.5. The molecule has 0 saturated carbocycles. The topological polar surface area (TPSA) is 48.9 Å². The molecule has 2 saturated heterocycles. The van der Waals surface area contributed by atoms with E-state index >= 15 is 0 Å². The molecule has 23 heavy (non-hydrogen) atoms. The zero-order valence-electron chi connectivity index (χ0n) is 15.2. The lowest BCUT2D eigenvalue weighted by atomic mass is 9.99. The average molecular weight is 438 g/mol. The molecule has 3 unspecified atom stereocenters. The second-order valence-electron chi connectivity index (χ2n) is 7.30. The van der Waals surface area contributed by atoms with Gasteiger partial charge in [-0.05, 0) is 52.0 Å². The van der Waals surface area contributed by atoms with Crippen molar-refractivity contribution in [1.82, 2.24) is 15.5 Å². The number of piperidine rings is 1. The molecule has 0 bridgehead atoms. The van der Waals surface area contributed by atoms with Crippen molar-refractivity contribution in [3.05, 3.63) is 0 Å². The molecule has 136 valence electrons. The van der Waals surface area contributed by atoms with Gasteiger partial charge in [0.05, 0.1) is 5.60 Å². The molecule has 3 atom stereocenters. The molecule has 2 aliphatic heterocycles. The molecule has 5 nitrogen and oxygen atoms in total. The van der Waals surface area contributed by atoms with Gasteiger partial charge < -0.3 is 15.4 Å². The van der Waals surface area contributed by atoms with E-state index in [-0.39, 0.29) is 29.6 Å². The molecule has 2 heterocycles. The van der Waals surface area contributed by atoms with Crippen LogP contribution in [0.3, 0.4) is 0 Å². The molecule has 0 radical (unpaired) electrons. The molecule has 0 amide bonds. The van der Waals surface area contributed by atoms with Gasteiger partial charge in [0, 0.05) is 39.3 Å². The van der Waals surface area contributed by atoms with Crippen LogP contribution in [0.2, 0.25) is 0 Å². The van der Waals surface area contributed by atoms with Crippen LogP contribution >= 0.6 is 24.0 Å². The minimum atomic E-state index is -0.0362. The third-order valence-corrected chi connectivity index (χ3v) is 5.03. The Bertz CT molecular complexity index is 372. The van der Waals surface area contributed by atoms with Gasteiger partial charge in [-0.3, -0.25) is 9.89 Å². The highest BCUT2D eigenvalue weighted by Crippen LogP contribution is 2.23. The summed E-state index contributed by atoms with van der Waals surface area (Å²) in [6.45, 7) is 11.9. The number of rotatable bonds is 5. The first kappa shape index (κ1) is 21.0. The largest absolute Gasteiger partial charge is 0.373 e. The fourth-order valence-electron chi connectivity index (χ4n) is 3.47. The molecule has 0 aromatic rings. The lowest BCUT2D eigenvalue weighted by Gasteiger charge is -2.36. The van der Waals surface area contributed by atoms with E-state index in [0.29, 0.717) is 6.04 Å². The van der Waals surface area contributed by atoms with Crippen molar-refractivity contribution >= 4 is 29.9 Å². The Morgan fingerprint density at radius 2 is 2.17 bits per heavy atom. The average Bonchev–Trinajstić information content (AvgIpc) is 2.94. The lowest BCUT2D eigenvalue weighted by Crippen LogP contribution is -2.50. The van der Waals surface area contributed by atoms with Crippen LogP contribution in [0.25, 0.3) is 0 Å². The summed E-state index contributed by atoms with van der Waals surface area (Å²) in [6, 6.07) is 0.541. The predicted octanol–water partition coefficient (Wildman–Crippen LogP) is 2.46. The number of nitrogens with zero attached hydrogens (tertiary/aromatic N) is 2. The highest BCUT2D eigenvalue weighted by molar-refractivity contribution is 14.0. The van der Waals surface area contributed by atoms with Gasteiger partial charge in [0.25, 0.3) is 0 Å². The van der Waals surface area contributed by atoms with Crippen LogP contribution in [0.15, 0.2) is 4.99 Å². The normalized spacial score (nSPS) is 30.6. The van der Waals surface area contributed by atoms with Crippen molar-refractivity contribution in [2.45, 2.75) is 58.1 Å². The van der Waals surface area contributed by atoms with Crippen LogP contribution in [0.1, 0.15) is 46.5 Å². The van der Waals surface area contributed by atoms with Crippen LogP contribution in [0, 0.1) is 5.92 Å². The Hall–Kier alpha value is -0.0800. The van der Waals surface area contributed by atoms with Gasteiger partial charge in [-0.1, -0.05) is 6.92 Å². The maximum atomic E-state index is 5.81. The monoisotopic (exact) mass is 438 g/mol. The molecule has 6 heteroatoms. The van der Waals surface area contributed by atoms with E-state index in [1.165, 1.54) is 25.9 Å². The van der Waals surface area contributed by atoms with Gasteiger partial charge in [0.2, 0.25) is 0 Å². The predicted molar refractivity (Wildman–Crippen MR) is 108 cm³/mol. The van der Waals surface area contributed by atoms with Gasteiger partial charge in [0.15, 0.2) is 5.96 Å². The summed E-state index contributed by atoms with van der Waals surface area (Å²) in [4.78, 5) is 6.93. The van der Waals surface area contributed by atoms with Crippen molar-refractivity contribution in [3.8, 4) is 0 Å². The number of aliphatic imine (C=N–C) groups is 1. The van der Waals surface area contributed by atoms with Gasteiger partial charge in [-0.15, -0.1) is 24.0 Å². The lowest BCUT2D eigenvalue weighted by molar-refractivity contribution is 0.0242. The summed E-state index contributed by atoms with van der Waals surface area (Å²) >= 11 is 0. The number of nitrogens with one attached hydrogen (secondary N) is 2. The minimum absolute atomic E-state index is 0. The van der Waals surface area contributed by atoms with E-state index in [1.54, 1.807) is 0 Å². The van der Waals surface area contributed by atoms with Gasteiger partial charge in [-0.25, -0.2) is 0 Å². The second kappa shape index (κ2) is 10.0. The maximum Gasteiger partial charge on any atom is 0.191 e. The van der Waals surface area contributed by atoms with Crippen molar-refractivity contribution in [2.24, 2.45) is 10.9 Å². The van der Waals surface area contributed by atoms with Crippen LogP contribution < -0.4 is 10.6 Å². The molecule has 2 N–H and O–H groups in total. The zero-order chi connectivity index (χ0) is 16.0. The van der Waals surface area contributed by atoms with Gasteiger partial charge in [0.1, 0.15) is 0 Å². The van der Waals surface area contributed by atoms with E-state index in [0.717, 1.165) is 44.4 Å². The van der Waals surface area contributed by atoms with E-state index in [4.69, 9.17) is 4.74 Å². The minimum Gasteiger partial charge on any atom is -0.373 e. The number of hydrogen-bond donors (Lipinski definition) is 2. The van der Waals surface area contributed by atoms with Crippen LogP contribution in [0.4, 0.5) is 0 Å². The number of hydrogen-bond acceptors (Lipinski definition) is 3. The molecule has 0 spiro atoms. The number of guanidine groups is 1. The molecular formula is C17H35IN4O. The standard InChI is InChI=1S/C17H34N4O.HI/c1-14-7-5-9-21(12-14)15(2)11-19-16(18-4)20-13-17(3)8-6-10-22-17;/h14-15H,5-13H2,1-4H3,(H2,18,19,20);1H. The Labute approximate surface area is 159 Å². The molecule has 0 aromatic carbocycles. The molecule has 2 aliphatic rings. The Kier molecular flexibility index (Phi) is 9.15. The molecule has 0 aliphatic carbocycles. The number of ether oxygens (including phenoxy) is 1. The van der Waals surface area contributed by atoms with E-state index < -0.39 is 0 Å². The first-order valence-corrected chi connectivity index (χ1v) is 8.85. The summed E-state index contributed by atoms with van der Waals surface area (Å²) in [5.41, 5.74) is -0.0362. The fraction of sp³-hybridized carbons (Fsp3) is 0.941. The molecule has 2 fully saturated rings. The maximum absolute atomic E-state index is 5.81. The number of halogens is 1. The summed E-state index contributed by atoms with van der Waals surface area (Å²) in [6.07, 6.45) is 4.99. The summed E-state index contributed by atoms with van der Waals surface area (Å²) in [5.74, 6) is 1.71. The third kappa shape index (κ3) is 6.74. The smallest absolute Gasteiger partial charge is 0.191 e. The summed E-state index contributed by atoms with van der Waals surface area (Å²) in [5, 5.41) is 6.88. The van der Waals surface area contributed by atoms with E-state index in [2.05, 4.69) is 41.3 Å². The first-order valence-electron chi connectivity index (χ1n) is 8.85. The Morgan fingerprint density at radius 3 is 2.78 bits per heavy atom. The van der Waals surface area contributed by atoms with Crippen molar-refractivity contribution in [1.29, 1.82) is 0 Å². The van der Waals surface area contributed by atoms with Crippen molar-refractivity contribution < 1.29 is 4.74 Å². The van der Waals surface area contributed by atoms with Gasteiger partial charge >= 0.3 is 0 Å². The van der Waals surface area contributed by atoms with E-state index in [9.17, 15) is 0 Å². The SMILES string of the molecule is CN=C(NCC(C)N1CCCC(C)C1)NCC1(C)CCCO1.I. The summed E-state index contributed by atoms with van der Waals surface area (Å²) in [7, 11) is 1.83. The van der Waals surface area contributed by atoms with Crippen LogP contribution in [0.5, 0.6) is 0 Å². The quantitative estimate of drug-likeness (QED) is 0.394. The Balaban J connectivity index is 0.00000264. The van der Waals surface area contributed by atoms with Crippen molar-refractivity contribution in [3.63, 3.8) is 0 Å². The fourth-order valence-corrected chi connectivity index (χ4v) is 3.47. The highest BCUT2D eigenvalue weighted by atomic mass is 127. The van der Waals surface area contributed by atoms with Crippen molar-refractivity contribution in [2.75, 3.05) is 39.8 Å². The summed E-state index contributed by atoms with van der Waals surface area (Å²) < 4.78 is 5.81. The number of likely N-dealkylation sites (tertiary alicyclic amines) is 1. The molecule has 0 aromatic heterocycles. The molecular weight excluding hydrogens is 403 g/mol. The highest BCUT2D eigenvalue weighted by Gasteiger charge is 2.29. The second-order valence-corrected chi connectivity index (χ2v) is 7.30. The Morgan fingerprint density at radius 1 is 1.39 bits per heavy atom. The molecule has 2 rings (SSSR count).